The van der Waals surface area contributed by atoms with Gasteiger partial charge in [-0.15, -0.1) is 5.10 Å². The van der Waals surface area contributed by atoms with Gasteiger partial charge < -0.3 is 20.1 Å². The summed E-state index contributed by atoms with van der Waals surface area (Å²) in [5.74, 6) is 1.31. The second-order valence-electron chi connectivity index (χ2n) is 8.05. The first-order valence-electron chi connectivity index (χ1n) is 10.4. The molecule has 0 unspecified atom stereocenters. The Hall–Kier alpha value is -2.80. The Bertz CT molecular complexity index is 963. The van der Waals surface area contributed by atoms with E-state index in [4.69, 9.17) is 9.84 Å². The Morgan fingerprint density at radius 2 is 2.24 bits per heavy atom. The summed E-state index contributed by atoms with van der Waals surface area (Å²) in [6.07, 6.45) is 5.78. The number of aromatic nitrogens is 2. The number of phenolic OH excluding ortho intramolecular Hbond substituents is 1. The lowest BCUT2D eigenvalue weighted by Crippen LogP contribution is -2.44. The smallest absolute Gasteiger partial charge is 0.246 e. The number of ether oxygens (including phenoxy) is 1. The van der Waals surface area contributed by atoms with Crippen molar-refractivity contribution in [2.75, 3.05) is 26.2 Å². The maximum Gasteiger partial charge on any atom is 0.246 e. The SMILES string of the molecule is C=CC(=O)N1CCOc2nn(-c3ccc(C4CCC4)cc3O)c3c2[C@H](C1)NCC3. The zero-order chi connectivity index (χ0) is 20.0. The number of nitrogens with zero attached hydrogens (tertiary/aromatic N) is 3. The van der Waals surface area contributed by atoms with Crippen LogP contribution in [-0.2, 0) is 11.2 Å². The van der Waals surface area contributed by atoms with Gasteiger partial charge in [-0.05, 0) is 42.5 Å². The average molecular weight is 394 g/mol. The number of carbonyl (C=O) groups is 1. The molecule has 0 saturated heterocycles. The van der Waals surface area contributed by atoms with Crippen LogP contribution < -0.4 is 10.1 Å². The molecule has 0 radical (unpaired) electrons. The number of benzene rings is 1. The molecule has 1 fully saturated rings. The van der Waals surface area contributed by atoms with E-state index in [0.717, 1.165) is 24.2 Å². The molecule has 1 aromatic heterocycles. The van der Waals surface area contributed by atoms with Crippen molar-refractivity contribution < 1.29 is 14.6 Å². The molecule has 2 aromatic rings. The maximum absolute atomic E-state index is 12.2. The summed E-state index contributed by atoms with van der Waals surface area (Å²) in [5, 5.41) is 19.0. The molecule has 1 atom stereocenters. The maximum atomic E-state index is 12.2. The molecule has 29 heavy (non-hydrogen) atoms. The van der Waals surface area contributed by atoms with Crippen LogP contribution in [0.25, 0.3) is 5.69 Å². The van der Waals surface area contributed by atoms with E-state index in [2.05, 4.69) is 18.0 Å². The minimum atomic E-state index is -0.0948. The summed E-state index contributed by atoms with van der Waals surface area (Å²) in [7, 11) is 0. The third-order valence-electron chi connectivity index (χ3n) is 6.38. The Morgan fingerprint density at radius 1 is 1.38 bits per heavy atom. The van der Waals surface area contributed by atoms with Gasteiger partial charge in [0.15, 0.2) is 0 Å². The third-order valence-corrected chi connectivity index (χ3v) is 6.38. The van der Waals surface area contributed by atoms with Crippen LogP contribution in [0.5, 0.6) is 11.6 Å². The van der Waals surface area contributed by atoms with Crippen molar-refractivity contribution in [1.29, 1.82) is 0 Å². The lowest BCUT2D eigenvalue weighted by atomic mass is 9.80. The molecular weight excluding hydrogens is 368 g/mol. The zero-order valence-corrected chi connectivity index (χ0v) is 16.4. The van der Waals surface area contributed by atoms with E-state index in [0.29, 0.717) is 37.2 Å². The van der Waals surface area contributed by atoms with Crippen LogP contribution in [0.1, 0.15) is 48.0 Å². The minimum absolute atomic E-state index is 0.0527. The summed E-state index contributed by atoms with van der Waals surface area (Å²) >= 11 is 0. The Balaban J connectivity index is 1.53. The highest BCUT2D eigenvalue weighted by Gasteiger charge is 2.34. The molecule has 0 bridgehead atoms. The first-order chi connectivity index (χ1) is 14.2. The van der Waals surface area contributed by atoms with Gasteiger partial charge in [0.05, 0.1) is 23.8 Å². The second-order valence-corrected chi connectivity index (χ2v) is 8.05. The fraction of sp³-hybridized carbons (Fsp3) is 0.455. The van der Waals surface area contributed by atoms with Crippen LogP contribution in [0.15, 0.2) is 30.9 Å². The fourth-order valence-electron chi connectivity index (χ4n) is 4.57. The van der Waals surface area contributed by atoms with Gasteiger partial charge in [-0.25, -0.2) is 4.68 Å². The van der Waals surface area contributed by atoms with Gasteiger partial charge >= 0.3 is 0 Å². The molecule has 3 heterocycles. The largest absolute Gasteiger partial charge is 0.506 e. The summed E-state index contributed by atoms with van der Waals surface area (Å²) in [6.45, 7) is 5.80. The lowest BCUT2D eigenvalue weighted by molar-refractivity contribution is -0.127. The fourth-order valence-corrected chi connectivity index (χ4v) is 4.57. The number of phenols is 1. The van der Waals surface area contributed by atoms with Gasteiger partial charge in [-0.3, -0.25) is 4.79 Å². The quantitative estimate of drug-likeness (QED) is 0.782. The number of nitrogens with one attached hydrogen (secondary N) is 1. The Kier molecular flexibility index (Phi) is 4.54. The summed E-state index contributed by atoms with van der Waals surface area (Å²) < 4.78 is 7.77. The van der Waals surface area contributed by atoms with Crippen LogP contribution in [0.3, 0.4) is 0 Å². The summed E-state index contributed by atoms with van der Waals surface area (Å²) in [4.78, 5) is 13.9. The predicted molar refractivity (Wildman–Crippen MR) is 109 cm³/mol. The molecule has 1 aromatic carbocycles. The standard InChI is InChI=1S/C22H26N4O3/c1-2-20(28)25-10-11-29-22-21-16(13-25)23-9-8-18(21)26(24-22)17-7-6-15(12-19(17)27)14-4-3-5-14/h2,6-7,12,14,16,23,27H,1,3-5,8-11,13H2/t16-/m0/s1. The van der Waals surface area contributed by atoms with Crippen LogP contribution >= 0.6 is 0 Å². The van der Waals surface area contributed by atoms with Crippen LogP contribution in [0.2, 0.25) is 0 Å². The van der Waals surface area contributed by atoms with Crippen LogP contribution in [0.4, 0.5) is 0 Å². The van der Waals surface area contributed by atoms with Crippen molar-refractivity contribution in [3.63, 3.8) is 0 Å². The molecule has 7 nitrogen and oxygen atoms in total. The van der Waals surface area contributed by atoms with Crippen molar-refractivity contribution in [3.05, 3.63) is 47.7 Å². The summed E-state index contributed by atoms with van der Waals surface area (Å²) in [5.41, 5.74) is 3.90. The normalized spacial score (nSPS) is 21.4. The molecule has 2 aliphatic heterocycles. The van der Waals surface area contributed by atoms with E-state index in [1.54, 1.807) is 4.90 Å². The highest BCUT2D eigenvalue weighted by atomic mass is 16.5. The molecular formula is C22H26N4O3. The first-order valence-corrected chi connectivity index (χ1v) is 10.4. The molecule has 7 heteroatoms. The van der Waals surface area contributed by atoms with Gasteiger partial charge in [-0.1, -0.05) is 19.1 Å². The van der Waals surface area contributed by atoms with Gasteiger partial charge in [0.1, 0.15) is 18.0 Å². The highest BCUT2D eigenvalue weighted by Crippen LogP contribution is 2.40. The summed E-state index contributed by atoms with van der Waals surface area (Å²) in [6, 6.07) is 5.90. The first kappa shape index (κ1) is 18.2. The molecule has 3 aliphatic rings. The van der Waals surface area contributed by atoms with Crippen molar-refractivity contribution in [2.24, 2.45) is 0 Å². The van der Waals surface area contributed by atoms with Gasteiger partial charge in [-0.2, -0.15) is 0 Å². The van der Waals surface area contributed by atoms with Crippen molar-refractivity contribution >= 4 is 5.91 Å². The number of amides is 1. The molecule has 2 N–H and O–H groups in total. The second kappa shape index (κ2) is 7.22. The predicted octanol–water partition coefficient (Wildman–Crippen LogP) is 2.44. The van der Waals surface area contributed by atoms with E-state index in [1.165, 1.54) is 30.9 Å². The number of aromatic hydroxyl groups is 1. The number of hydrogen-bond donors (Lipinski definition) is 2. The monoisotopic (exact) mass is 394 g/mol. The number of carbonyl (C=O) groups excluding carboxylic acids is 1. The number of rotatable bonds is 3. The molecule has 152 valence electrons. The molecule has 1 aliphatic carbocycles. The van der Waals surface area contributed by atoms with Gasteiger partial charge in [0.25, 0.3) is 0 Å². The van der Waals surface area contributed by atoms with Crippen molar-refractivity contribution in [1.82, 2.24) is 20.0 Å². The average Bonchev–Trinajstić information content (AvgIpc) is 3.03. The van der Waals surface area contributed by atoms with E-state index in [-0.39, 0.29) is 17.7 Å². The van der Waals surface area contributed by atoms with E-state index in [9.17, 15) is 9.90 Å². The van der Waals surface area contributed by atoms with E-state index >= 15 is 0 Å². The van der Waals surface area contributed by atoms with E-state index < -0.39 is 0 Å². The highest BCUT2D eigenvalue weighted by molar-refractivity contribution is 5.87. The zero-order valence-electron chi connectivity index (χ0n) is 16.4. The Morgan fingerprint density at radius 3 is 2.97 bits per heavy atom. The van der Waals surface area contributed by atoms with Crippen molar-refractivity contribution in [3.8, 4) is 17.3 Å². The Labute approximate surface area is 170 Å². The van der Waals surface area contributed by atoms with E-state index in [1.807, 2.05) is 16.8 Å². The van der Waals surface area contributed by atoms with Gasteiger partial charge in [0, 0.05) is 19.5 Å². The van der Waals surface area contributed by atoms with Gasteiger partial charge in [0.2, 0.25) is 11.8 Å². The third kappa shape index (κ3) is 3.09. The number of hydrogen-bond acceptors (Lipinski definition) is 5. The van der Waals surface area contributed by atoms with Crippen LogP contribution in [0, 0.1) is 0 Å². The van der Waals surface area contributed by atoms with Crippen LogP contribution in [-0.4, -0.2) is 51.9 Å². The van der Waals surface area contributed by atoms with Crippen molar-refractivity contribution in [2.45, 2.75) is 37.6 Å². The molecule has 1 amide bonds. The minimum Gasteiger partial charge on any atom is -0.506 e. The lowest BCUT2D eigenvalue weighted by Gasteiger charge is -2.32. The molecule has 1 saturated carbocycles. The molecule has 5 rings (SSSR count). The topological polar surface area (TPSA) is 79.6 Å². The molecule has 0 spiro atoms.